The van der Waals surface area contributed by atoms with E-state index >= 15 is 0 Å². The van der Waals surface area contributed by atoms with Gasteiger partial charge in [0.05, 0.1) is 10.7 Å². The van der Waals surface area contributed by atoms with Crippen LogP contribution in [0.25, 0.3) is 0 Å². The van der Waals surface area contributed by atoms with Gasteiger partial charge in [-0.05, 0) is 33.5 Å². The molecule has 1 amide bonds. The van der Waals surface area contributed by atoms with Crippen LogP contribution in [0.5, 0.6) is 0 Å². The van der Waals surface area contributed by atoms with Crippen LogP contribution >= 0.6 is 15.9 Å². The Bertz CT molecular complexity index is 802. The van der Waals surface area contributed by atoms with Crippen molar-refractivity contribution < 1.29 is 4.79 Å². The van der Waals surface area contributed by atoms with Crippen molar-refractivity contribution in [3.8, 4) is 0 Å². The molecule has 0 aliphatic heterocycles. The number of nitrogens with zero attached hydrogens (tertiary/aromatic N) is 3. The van der Waals surface area contributed by atoms with Gasteiger partial charge in [-0.2, -0.15) is 5.10 Å². The van der Waals surface area contributed by atoms with Crippen LogP contribution in [0.3, 0.4) is 0 Å². The summed E-state index contributed by atoms with van der Waals surface area (Å²) in [7, 11) is 0. The SMILES string of the molecule is O=C(Cn1cc(Br)cn1)N(CCc1ccccc1)Cc1ccccc1. The number of hydrogen-bond acceptors (Lipinski definition) is 2. The summed E-state index contributed by atoms with van der Waals surface area (Å²) in [6, 6.07) is 20.3. The molecule has 128 valence electrons. The van der Waals surface area contributed by atoms with Crippen LogP contribution in [0.15, 0.2) is 77.5 Å². The van der Waals surface area contributed by atoms with Crippen LogP contribution in [0.1, 0.15) is 11.1 Å². The van der Waals surface area contributed by atoms with Crippen molar-refractivity contribution in [2.75, 3.05) is 6.54 Å². The molecule has 25 heavy (non-hydrogen) atoms. The van der Waals surface area contributed by atoms with Gasteiger partial charge in [0.15, 0.2) is 0 Å². The fourth-order valence-corrected chi connectivity index (χ4v) is 3.00. The second-order valence-electron chi connectivity index (χ2n) is 5.89. The molecule has 0 fully saturated rings. The number of aromatic nitrogens is 2. The van der Waals surface area contributed by atoms with Gasteiger partial charge in [0.1, 0.15) is 6.54 Å². The normalized spacial score (nSPS) is 10.6. The van der Waals surface area contributed by atoms with E-state index < -0.39 is 0 Å². The van der Waals surface area contributed by atoms with E-state index in [9.17, 15) is 4.79 Å². The molecule has 1 heterocycles. The second-order valence-corrected chi connectivity index (χ2v) is 6.81. The van der Waals surface area contributed by atoms with Crippen molar-refractivity contribution >= 4 is 21.8 Å². The molecule has 0 saturated heterocycles. The third kappa shape index (κ3) is 5.29. The Morgan fingerprint density at radius 1 is 1.00 bits per heavy atom. The number of hydrogen-bond donors (Lipinski definition) is 0. The zero-order chi connectivity index (χ0) is 17.5. The highest BCUT2D eigenvalue weighted by Crippen LogP contribution is 2.10. The Labute approximate surface area is 156 Å². The summed E-state index contributed by atoms with van der Waals surface area (Å²) in [5.74, 6) is 0.0652. The Hall–Kier alpha value is -2.40. The maximum absolute atomic E-state index is 12.8. The molecule has 1 aromatic heterocycles. The lowest BCUT2D eigenvalue weighted by atomic mass is 10.1. The predicted molar refractivity (Wildman–Crippen MR) is 102 cm³/mol. The predicted octanol–water partition coefficient (Wildman–Crippen LogP) is 3.92. The number of carbonyl (C=O) groups excluding carboxylic acids is 1. The number of halogens is 1. The fourth-order valence-electron chi connectivity index (χ4n) is 2.67. The molecule has 0 radical (unpaired) electrons. The Balaban J connectivity index is 1.69. The standard InChI is InChI=1S/C20H20BrN3O/c21-19-13-22-24(15-19)16-20(25)23(14-18-9-5-2-6-10-18)12-11-17-7-3-1-4-8-17/h1-10,13,15H,11-12,14,16H2. The molecular weight excluding hydrogens is 378 g/mol. The summed E-state index contributed by atoms with van der Waals surface area (Å²) in [5, 5.41) is 4.19. The van der Waals surface area contributed by atoms with Crippen molar-refractivity contribution in [3.63, 3.8) is 0 Å². The lowest BCUT2D eigenvalue weighted by Gasteiger charge is -2.23. The van der Waals surface area contributed by atoms with E-state index in [2.05, 4.69) is 33.2 Å². The first-order valence-electron chi connectivity index (χ1n) is 8.24. The van der Waals surface area contributed by atoms with E-state index in [0.717, 1.165) is 16.5 Å². The van der Waals surface area contributed by atoms with Gasteiger partial charge in [0, 0.05) is 19.3 Å². The van der Waals surface area contributed by atoms with Gasteiger partial charge in [-0.15, -0.1) is 0 Å². The van der Waals surface area contributed by atoms with Crippen LogP contribution in [-0.4, -0.2) is 27.1 Å². The Kier molecular flexibility index (Phi) is 6.01. The molecule has 0 bridgehead atoms. The number of benzene rings is 2. The van der Waals surface area contributed by atoms with Gasteiger partial charge in [-0.3, -0.25) is 9.48 Å². The highest BCUT2D eigenvalue weighted by Gasteiger charge is 2.15. The minimum atomic E-state index is 0.0652. The average molecular weight is 398 g/mol. The summed E-state index contributed by atoms with van der Waals surface area (Å²) in [6.07, 6.45) is 4.34. The monoisotopic (exact) mass is 397 g/mol. The summed E-state index contributed by atoms with van der Waals surface area (Å²) in [6.45, 7) is 1.53. The second kappa shape index (κ2) is 8.62. The molecule has 3 aromatic rings. The topological polar surface area (TPSA) is 38.1 Å². The quantitative estimate of drug-likeness (QED) is 0.605. The first-order chi connectivity index (χ1) is 12.2. The molecule has 0 atom stereocenters. The third-order valence-electron chi connectivity index (χ3n) is 3.98. The number of rotatable bonds is 7. The highest BCUT2D eigenvalue weighted by atomic mass is 79.9. The number of carbonyl (C=O) groups is 1. The van der Waals surface area contributed by atoms with Crippen molar-refractivity contribution in [2.45, 2.75) is 19.5 Å². The smallest absolute Gasteiger partial charge is 0.244 e. The zero-order valence-electron chi connectivity index (χ0n) is 13.9. The molecule has 5 heteroatoms. The van der Waals surface area contributed by atoms with Crippen LogP contribution in [0.2, 0.25) is 0 Å². The van der Waals surface area contributed by atoms with Gasteiger partial charge < -0.3 is 4.90 Å². The molecule has 0 spiro atoms. The molecule has 0 N–H and O–H groups in total. The van der Waals surface area contributed by atoms with Crippen molar-refractivity contribution in [3.05, 3.63) is 88.7 Å². The van der Waals surface area contributed by atoms with E-state index in [0.29, 0.717) is 13.1 Å². The van der Waals surface area contributed by atoms with Crippen molar-refractivity contribution in [1.29, 1.82) is 0 Å². The van der Waals surface area contributed by atoms with E-state index in [1.165, 1.54) is 5.56 Å². The molecule has 0 aliphatic carbocycles. The van der Waals surface area contributed by atoms with Gasteiger partial charge >= 0.3 is 0 Å². The van der Waals surface area contributed by atoms with Crippen LogP contribution in [0.4, 0.5) is 0 Å². The lowest BCUT2D eigenvalue weighted by molar-refractivity contribution is -0.132. The van der Waals surface area contributed by atoms with Gasteiger partial charge in [-0.1, -0.05) is 60.7 Å². The van der Waals surface area contributed by atoms with Gasteiger partial charge in [0.25, 0.3) is 0 Å². The Morgan fingerprint density at radius 2 is 1.64 bits per heavy atom. The van der Waals surface area contributed by atoms with Crippen molar-refractivity contribution in [2.24, 2.45) is 0 Å². The van der Waals surface area contributed by atoms with E-state index in [1.807, 2.05) is 59.6 Å². The maximum atomic E-state index is 12.8. The van der Waals surface area contributed by atoms with E-state index in [-0.39, 0.29) is 12.5 Å². The highest BCUT2D eigenvalue weighted by molar-refractivity contribution is 9.10. The summed E-state index contributed by atoms with van der Waals surface area (Å²) in [5.41, 5.74) is 2.36. The molecule has 4 nitrogen and oxygen atoms in total. The average Bonchev–Trinajstić information content (AvgIpc) is 3.05. The van der Waals surface area contributed by atoms with E-state index in [4.69, 9.17) is 0 Å². The Morgan fingerprint density at radius 3 is 2.24 bits per heavy atom. The fraction of sp³-hybridized carbons (Fsp3) is 0.200. The zero-order valence-corrected chi connectivity index (χ0v) is 15.5. The minimum Gasteiger partial charge on any atom is -0.336 e. The molecular formula is C20H20BrN3O. The lowest BCUT2D eigenvalue weighted by Crippen LogP contribution is -2.35. The summed E-state index contributed by atoms with van der Waals surface area (Å²) < 4.78 is 2.53. The van der Waals surface area contributed by atoms with E-state index in [1.54, 1.807) is 10.9 Å². The molecule has 3 rings (SSSR count). The first kappa shape index (κ1) is 17.4. The van der Waals surface area contributed by atoms with Crippen LogP contribution in [-0.2, 0) is 24.3 Å². The number of amides is 1. The van der Waals surface area contributed by atoms with Crippen LogP contribution < -0.4 is 0 Å². The minimum absolute atomic E-state index is 0.0652. The van der Waals surface area contributed by atoms with Crippen molar-refractivity contribution in [1.82, 2.24) is 14.7 Å². The summed E-state index contributed by atoms with van der Waals surface area (Å²) in [4.78, 5) is 14.7. The molecule has 0 aliphatic rings. The maximum Gasteiger partial charge on any atom is 0.244 e. The third-order valence-corrected chi connectivity index (χ3v) is 4.39. The molecule has 0 unspecified atom stereocenters. The largest absolute Gasteiger partial charge is 0.336 e. The van der Waals surface area contributed by atoms with Crippen LogP contribution in [0, 0.1) is 0 Å². The molecule has 0 saturated carbocycles. The van der Waals surface area contributed by atoms with Gasteiger partial charge in [-0.25, -0.2) is 0 Å². The van der Waals surface area contributed by atoms with Gasteiger partial charge in [0.2, 0.25) is 5.91 Å². The summed E-state index contributed by atoms with van der Waals surface area (Å²) >= 11 is 3.37. The molecule has 2 aromatic carbocycles. The first-order valence-corrected chi connectivity index (χ1v) is 9.03.